The highest BCUT2D eigenvalue weighted by Gasteiger charge is 2.42. The van der Waals surface area contributed by atoms with E-state index in [0.29, 0.717) is 25.0 Å². The Morgan fingerprint density at radius 3 is 2.83 bits per heavy atom. The molecule has 1 aliphatic carbocycles. The van der Waals surface area contributed by atoms with Crippen LogP contribution in [0, 0.1) is 12.8 Å². The number of aryl methyl sites for hydroxylation is 1. The van der Waals surface area contributed by atoms with Crippen LogP contribution in [0.4, 0.5) is 5.69 Å². The first-order valence-electron chi connectivity index (χ1n) is 9.06. The zero-order chi connectivity index (χ0) is 17.6. The molecule has 1 aliphatic rings. The summed E-state index contributed by atoms with van der Waals surface area (Å²) in [6.45, 7) is 9.25. The van der Waals surface area contributed by atoms with Gasteiger partial charge in [0.05, 0.1) is 18.0 Å². The number of amides is 1. The van der Waals surface area contributed by atoms with Crippen molar-refractivity contribution in [3.63, 3.8) is 0 Å². The minimum absolute atomic E-state index is 0.0449. The number of carbonyl (C=O) groups excluding carboxylic acids is 1. The van der Waals surface area contributed by atoms with Crippen molar-refractivity contribution in [2.24, 2.45) is 5.92 Å². The number of hydrogen-bond donors (Lipinski definition) is 1. The van der Waals surface area contributed by atoms with Crippen molar-refractivity contribution in [1.29, 1.82) is 0 Å². The van der Waals surface area contributed by atoms with Crippen LogP contribution in [0.15, 0.2) is 12.1 Å². The molecular weight excluding hydrogens is 304 g/mol. The van der Waals surface area contributed by atoms with Gasteiger partial charge in [0.15, 0.2) is 0 Å². The Hall–Kier alpha value is -1.62. The van der Waals surface area contributed by atoms with Crippen molar-refractivity contribution in [1.82, 2.24) is 4.98 Å². The Labute approximate surface area is 145 Å². The van der Waals surface area contributed by atoms with E-state index in [2.05, 4.69) is 24.1 Å². The molecule has 5 nitrogen and oxygen atoms in total. The third kappa shape index (κ3) is 4.47. The Balaban J connectivity index is 2.15. The maximum Gasteiger partial charge on any atom is 0.256 e. The van der Waals surface area contributed by atoms with E-state index in [9.17, 15) is 4.79 Å². The summed E-state index contributed by atoms with van der Waals surface area (Å²) in [6, 6.07) is 3.64. The van der Waals surface area contributed by atoms with Gasteiger partial charge in [-0.15, -0.1) is 0 Å². The van der Waals surface area contributed by atoms with Crippen molar-refractivity contribution in [2.75, 3.05) is 18.5 Å². The van der Waals surface area contributed by atoms with E-state index in [1.165, 1.54) is 0 Å². The molecule has 0 aromatic carbocycles. The Morgan fingerprint density at radius 1 is 1.42 bits per heavy atom. The summed E-state index contributed by atoms with van der Waals surface area (Å²) in [7, 11) is 0. The van der Waals surface area contributed by atoms with Crippen LogP contribution < -0.4 is 10.1 Å². The third-order valence-electron chi connectivity index (χ3n) is 4.55. The lowest BCUT2D eigenvalue weighted by Gasteiger charge is -2.38. The van der Waals surface area contributed by atoms with Crippen molar-refractivity contribution in [3.05, 3.63) is 17.8 Å². The largest absolute Gasteiger partial charge is 0.478 e. The number of ether oxygens (including phenoxy) is 2. The Morgan fingerprint density at radius 2 is 2.21 bits per heavy atom. The van der Waals surface area contributed by atoms with E-state index in [1.807, 2.05) is 19.9 Å². The predicted octanol–water partition coefficient (Wildman–Crippen LogP) is 4.10. The maximum absolute atomic E-state index is 13.0. The summed E-state index contributed by atoms with van der Waals surface area (Å²) in [4.78, 5) is 17.4. The summed E-state index contributed by atoms with van der Waals surface area (Å²) < 4.78 is 11.5. The van der Waals surface area contributed by atoms with Crippen LogP contribution in [0.3, 0.4) is 0 Å². The highest BCUT2D eigenvalue weighted by atomic mass is 16.5. The van der Waals surface area contributed by atoms with Crippen LogP contribution >= 0.6 is 0 Å². The van der Waals surface area contributed by atoms with Crippen molar-refractivity contribution in [3.8, 4) is 5.88 Å². The average molecular weight is 334 g/mol. The van der Waals surface area contributed by atoms with E-state index in [0.717, 1.165) is 43.5 Å². The van der Waals surface area contributed by atoms with Gasteiger partial charge < -0.3 is 14.8 Å². The smallest absolute Gasteiger partial charge is 0.256 e. The number of carbonyl (C=O) groups is 1. The van der Waals surface area contributed by atoms with E-state index >= 15 is 0 Å². The number of nitrogens with one attached hydrogen (secondary N) is 1. The number of hydrogen-bond acceptors (Lipinski definition) is 4. The second-order valence-corrected chi connectivity index (χ2v) is 6.71. The monoisotopic (exact) mass is 334 g/mol. The summed E-state index contributed by atoms with van der Waals surface area (Å²) in [5, 5.41) is 3.04. The van der Waals surface area contributed by atoms with Gasteiger partial charge in [-0.1, -0.05) is 20.3 Å². The van der Waals surface area contributed by atoms with Gasteiger partial charge in [0.2, 0.25) is 5.88 Å². The number of pyridine rings is 1. The van der Waals surface area contributed by atoms with Crippen LogP contribution in [0.5, 0.6) is 5.88 Å². The lowest BCUT2D eigenvalue weighted by Crippen LogP contribution is -2.49. The van der Waals surface area contributed by atoms with E-state index in [4.69, 9.17) is 9.47 Å². The predicted molar refractivity (Wildman–Crippen MR) is 95.4 cm³/mol. The number of rotatable bonds is 7. The molecule has 0 saturated heterocycles. The summed E-state index contributed by atoms with van der Waals surface area (Å²) >= 11 is 0. The normalized spacial score (nSPS) is 23.8. The lowest BCUT2D eigenvalue weighted by atomic mass is 9.78. The molecule has 0 unspecified atom stereocenters. The molecule has 1 amide bonds. The molecule has 1 saturated carbocycles. The van der Waals surface area contributed by atoms with Gasteiger partial charge in [-0.05, 0) is 51.5 Å². The van der Waals surface area contributed by atoms with Crippen molar-refractivity contribution >= 4 is 11.6 Å². The Kier molecular flexibility index (Phi) is 6.60. The fraction of sp³-hybridized carbons (Fsp3) is 0.684. The van der Waals surface area contributed by atoms with Crippen LogP contribution in [0.25, 0.3) is 0 Å². The molecule has 134 valence electrons. The third-order valence-corrected chi connectivity index (χ3v) is 4.55. The van der Waals surface area contributed by atoms with Gasteiger partial charge in [-0.2, -0.15) is 0 Å². The van der Waals surface area contributed by atoms with Gasteiger partial charge in [0.25, 0.3) is 5.91 Å². The highest BCUT2D eigenvalue weighted by molar-refractivity contribution is 5.97. The van der Waals surface area contributed by atoms with E-state index in [1.54, 1.807) is 6.07 Å². The maximum atomic E-state index is 13.0. The molecule has 24 heavy (non-hydrogen) atoms. The molecular formula is C19H30N2O3. The second kappa shape index (κ2) is 8.47. The molecule has 2 rings (SSSR count). The number of nitrogens with zero attached hydrogens (tertiary/aromatic N) is 1. The summed E-state index contributed by atoms with van der Waals surface area (Å²) in [5.74, 6) is 1.04. The van der Waals surface area contributed by atoms with Gasteiger partial charge in [-0.25, -0.2) is 4.98 Å². The van der Waals surface area contributed by atoms with Gasteiger partial charge in [-0.3, -0.25) is 4.79 Å². The highest BCUT2D eigenvalue weighted by Crippen LogP contribution is 2.36. The molecule has 0 bridgehead atoms. The molecule has 5 heteroatoms. The molecule has 0 radical (unpaired) electrons. The zero-order valence-corrected chi connectivity index (χ0v) is 15.4. The van der Waals surface area contributed by atoms with Crippen LogP contribution in [-0.2, 0) is 9.53 Å². The zero-order valence-electron chi connectivity index (χ0n) is 15.4. The minimum Gasteiger partial charge on any atom is -0.478 e. The Bertz CT molecular complexity index is 562. The van der Waals surface area contributed by atoms with Gasteiger partial charge in [0, 0.05) is 12.7 Å². The SMILES string of the molecule is CCCO[C@@]1(C(=O)Nc2ccc(OCC)nc2C)CCC[C@H](C)C1. The quantitative estimate of drug-likeness (QED) is 0.815. The fourth-order valence-corrected chi connectivity index (χ4v) is 3.34. The molecule has 1 N–H and O–H groups in total. The molecule has 0 aliphatic heterocycles. The average Bonchev–Trinajstić information content (AvgIpc) is 2.55. The first-order chi connectivity index (χ1) is 11.5. The molecule has 0 spiro atoms. The van der Waals surface area contributed by atoms with Crippen LogP contribution in [0.1, 0.15) is 58.6 Å². The van der Waals surface area contributed by atoms with Gasteiger partial charge >= 0.3 is 0 Å². The van der Waals surface area contributed by atoms with Crippen LogP contribution in [0.2, 0.25) is 0 Å². The van der Waals surface area contributed by atoms with Crippen molar-refractivity contribution in [2.45, 2.75) is 65.4 Å². The van der Waals surface area contributed by atoms with Crippen molar-refractivity contribution < 1.29 is 14.3 Å². The molecule has 1 heterocycles. The number of aromatic nitrogens is 1. The fourth-order valence-electron chi connectivity index (χ4n) is 3.34. The number of anilines is 1. The minimum atomic E-state index is -0.710. The topological polar surface area (TPSA) is 60.5 Å². The molecule has 1 aromatic heterocycles. The summed E-state index contributed by atoms with van der Waals surface area (Å²) in [6.07, 6.45) is 4.66. The standard InChI is InChI=1S/C19H30N2O3/c1-5-12-24-19(11-7-8-14(3)13-19)18(22)21-16-9-10-17(23-6-2)20-15(16)4/h9-10,14H,5-8,11-13H2,1-4H3,(H,21,22)/t14-,19-/m0/s1. The summed E-state index contributed by atoms with van der Waals surface area (Å²) in [5.41, 5.74) is 0.767. The van der Waals surface area contributed by atoms with Gasteiger partial charge in [0.1, 0.15) is 5.60 Å². The molecule has 2 atom stereocenters. The molecule has 1 aromatic rings. The first-order valence-corrected chi connectivity index (χ1v) is 9.06. The van der Waals surface area contributed by atoms with Crippen LogP contribution in [-0.4, -0.2) is 29.7 Å². The second-order valence-electron chi connectivity index (χ2n) is 6.71. The first kappa shape index (κ1) is 18.7. The van der Waals surface area contributed by atoms with E-state index in [-0.39, 0.29) is 5.91 Å². The lowest BCUT2D eigenvalue weighted by molar-refractivity contribution is -0.148. The van der Waals surface area contributed by atoms with E-state index < -0.39 is 5.60 Å². The molecule has 1 fully saturated rings.